The molecule has 1 aromatic rings. The summed E-state index contributed by atoms with van der Waals surface area (Å²) in [5, 5.41) is 3.48. The van der Waals surface area contributed by atoms with Crippen molar-refractivity contribution in [3.05, 3.63) is 34.9 Å². The molecule has 2 atom stereocenters. The van der Waals surface area contributed by atoms with Gasteiger partial charge in [-0.05, 0) is 43.4 Å². The number of rotatable bonds is 6. The third-order valence-corrected chi connectivity index (χ3v) is 4.29. The summed E-state index contributed by atoms with van der Waals surface area (Å²) in [4.78, 5) is 0. The second-order valence-corrected chi connectivity index (χ2v) is 5.68. The van der Waals surface area contributed by atoms with E-state index in [1.165, 1.54) is 23.1 Å². The van der Waals surface area contributed by atoms with Crippen molar-refractivity contribution in [1.82, 2.24) is 5.32 Å². The summed E-state index contributed by atoms with van der Waals surface area (Å²) in [7, 11) is 1.74. The Morgan fingerprint density at radius 1 is 1.35 bits per heavy atom. The zero-order valence-electron chi connectivity index (χ0n) is 12.9. The predicted octanol–water partition coefficient (Wildman–Crippen LogP) is 3.01. The van der Waals surface area contributed by atoms with Gasteiger partial charge in [0.15, 0.2) is 0 Å². The molecule has 2 rings (SSSR count). The van der Waals surface area contributed by atoms with Crippen LogP contribution in [0, 0.1) is 19.8 Å². The van der Waals surface area contributed by atoms with Crippen molar-refractivity contribution >= 4 is 0 Å². The minimum absolute atomic E-state index is 0.235. The van der Waals surface area contributed by atoms with E-state index in [2.05, 4.69) is 37.4 Å². The second kappa shape index (κ2) is 7.77. The summed E-state index contributed by atoms with van der Waals surface area (Å²) in [6, 6.07) is 6.54. The topological polar surface area (TPSA) is 30.5 Å². The molecule has 0 aliphatic carbocycles. The first-order valence-electron chi connectivity index (χ1n) is 7.61. The standard InChI is InChI=1S/C17H27NO2/c1-13-6-4-8-16(14(13)2)17-15(7-5-10-20-17)12-18-9-11-19-3/h4,6,8,15,17-18H,5,7,9-12H2,1-3H3. The van der Waals surface area contributed by atoms with E-state index in [-0.39, 0.29) is 6.10 Å². The van der Waals surface area contributed by atoms with Crippen LogP contribution in [-0.4, -0.2) is 33.4 Å². The largest absolute Gasteiger partial charge is 0.383 e. The number of hydrogen-bond acceptors (Lipinski definition) is 3. The molecule has 3 heteroatoms. The van der Waals surface area contributed by atoms with E-state index in [9.17, 15) is 0 Å². The molecule has 0 spiro atoms. The fourth-order valence-electron chi connectivity index (χ4n) is 2.94. The van der Waals surface area contributed by atoms with Gasteiger partial charge < -0.3 is 14.8 Å². The second-order valence-electron chi connectivity index (χ2n) is 5.68. The van der Waals surface area contributed by atoms with E-state index >= 15 is 0 Å². The maximum absolute atomic E-state index is 6.10. The van der Waals surface area contributed by atoms with Crippen molar-refractivity contribution in [3.8, 4) is 0 Å². The van der Waals surface area contributed by atoms with Gasteiger partial charge in [0.05, 0.1) is 12.7 Å². The van der Waals surface area contributed by atoms with Crippen LogP contribution in [0.4, 0.5) is 0 Å². The molecule has 3 nitrogen and oxygen atoms in total. The third kappa shape index (κ3) is 3.81. The first kappa shape index (κ1) is 15.5. The van der Waals surface area contributed by atoms with Gasteiger partial charge in [0.25, 0.3) is 0 Å². The molecule has 0 saturated carbocycles. The van der Waals surface area contributed by atoms with Gasteiger partial charge in [-0.15, -0.1) is 0 Å². The average Bonchev–Trinajstić information content (AvgIpc) is 2.47. The van der Waals surface area contributed by atoms with Crippen molar-refractivity contribution < 1.29 is 9.47 Å². The van der Waals surface area contributed by atoms with E-state index < -0.39 is 0 Å². The van der Waals surface area contributed by atoms with Crippen LogP contribution in [0.3, 0.4) is 0 Å². The molecule has 1 N–H and O–H groups in total. The van der Waals surface area contributed by atoms with Gasteiger partial charge in [0, 0.05) is 32.7 Å². The minimum Gasteiger partial charge on any atom is -0.383 e. The average molecular weight is 277 g/mol. The molecule has 112 valence electrons. The highest BCUT2D eigenvalue weighted by molar-refractivity contribution is 5.35. The van der Waals surface area contributed by atoms with E-state index in [1.54, 1.807) is 7.11 Å². The summed E-state index contributed by atoms with van der Waals surface area (Å²) in [5.74, 6) is 0.557. The number of methoxy groups -OCH3 is 1. The smallest absolute Gasteiger partial charge is 0.0867 e. The highest BCUT2D eigenvalue weighted by Gasteiger charge is 2.28. The fraction of sp³-hybridized carbons (Fsp3) is 0.647. The SMILES string of the molecule is COCCNCC1CCCOC1c1cccc(C)c1C. The van der Waals surface area contributed by atoms with E-state index in [4.69, 9.17) is 9.47 Å². The van der Waals surface area contributed by atoms with Gasteiger partial charge in [-0.2, -0.15) is 0 Å². The molecule has 1 fully saturated rings. The molecular formula is C17H27NO2. The Bertz CT molecular complexity index is 419. The molecule has 2 unspecified atom stereocenters. The van der Waals surface area contributed by atoms with Crippen molar-refractivity contribution in [2.45, 2.75) is 32.8 Å². The lowest BCUT2D eigenvalue weighted by molar-refractivity contribution is -0.0283. The Hall–Kier alpha value is -0.900. The van der Waals surface area contributed by atoms with Gasteiger partial charge in [-0.25, -0.2) is 0 Å². The van der Waals surface area contributed by atoms with Crippen LogP contribution >= 0.6 is 0 Å². The number of benzene rings is 1. The number of hydrogen-bond donors (Lipinski definition) is 1. The van der Waals surface area contributed by atoms with Crippen LogP contribution in [0.25, 0.3) is 0 Å². The Morgan fingerprint density at radius 2 is 2.20 bits per heavy atom. The molecule has 1 aliphatic heterocycles. The van der Waals surface area contributed by atoms with Gasteiger partial charge in [0.1, 0.15) is 0 Å². The zero-order valence-corrected chi connectivity index (χ0v) is 12.9. The molecule has 0 radical (unpaired) electrons. The number of nitrogens with one attached hydrogen (secondary N) is 1. The van der Waals surface area contributed by atoms with E-state index in [0.29, 0.717) is 5.92 Å². The summed E-state index contributed by atoms with van der Waals surface area (Å²) in [5.41, 5.74) is 4.09. The van der Waals surface area contributed by atoms with Gasteiger partial charge in [-0.1, -0.05) is 18.2 Å². The predicted molar refractivity (Wildman–Crippen MR) is 82.1 cm³/mol. The van der Waals surface area contributed by atoms with Crippen LogP contribution in [-0.2, 0) is 9.47 Å². The van der Waals surface area contributed by atoms with E-state index in [0.717, 1.165) is 32.7 Å². The van der Waals surface area contributed by atoms with Crippen LogP contribution in [0.5, 0.6) is 0 Å². The molecule has 1 aromatic carbocycles. The maximum Gasteiger partial charge on any atom is 0.0867 e. The molecule has 1 aliphatic rings. The molecule has 1 heterocycles. The quantitative estimate of drug-likeness (QED) is 0.811. The van der Waals surface area contributed by atoms with Crippen molar-refractivity contribution in [2.24, 2.45) is 5.92 Å². The lowest BCUT2D eigenvalue weighted by Crippen LogP contribution is -2.33. The van der Waals surface area contributed by atoms with Crippen LogP contribution < -0.4 is 5.32 Å². The monoisotopic (exact) mass is 277 g/mol. The lowest BCUT2D eigenvalue weighted by atomic mass is 9.86. The van der Waals surface area contributed by atoms with Crippen LogP contribution in [0.15, 0.2) is 18.2 Å². The minimum atomic E-state index is 0.235. The van der Waals surface area contributed by atoms with Gasteiger partial charge in [0.2, 0.25) is 0 Å². The third-order valence-electron chi connectivity index (χ3n) is 4.29. The van der Waals surface area contributed by atoms with E-state index in [1.807, 2.05) is 0 Å². The Kier molecular flexibility index (Phi) is 6.02. The molecule has 20 heavy (non-hydrogen) atoms. The Labute approximate surface area is 122 Å². The summed E-state index contributed by atoms with van der Waals surface area (Å²) in [6.07, 6.45) is 2.63. The molecular weight excluding hydrogens is 250 g/mol. The molecule has 0 amide bonds. The fourth-order valence-corrected chi connectivity index (χ4v) is 2.94. The molecule has 1 saturated heterocycles. The van der Waals surface area contributed by atoms with Crippen molar-refractivity contribution in [2.75, 3.05) is 33.4 Å². The first-order chi connectivity index (χ1) is 9.74. The van der Waals surface area contributed by atoms with Crippen LogP contribution in [0.2, 0.25) is 0 Å². The normalized spacial score (nSPS) is 22.9. The maximum atomic E-state index is 6.10. The summed E-state index contributed by atoms with van der Waals surface area (Å²) in [6.45, 7) is 7.94. The Morgan fingerprint density at radius 3 is 3.00 bits per heavy atom. The van der Waals surface area contributed by atoms with Crippen molar-refractivity contribution in [1.29, 1.82) is 0 Å². The van der Waals surface area contributed by atoms with Crippen LogP contribution in [0.1, 0.15) is 35.6 Å². The highest BCUT2D eigenvalue weighted by Crippen LogP contribution is 2.35. The first-order valence-corrected chi connectivity index (χ1v) is 7.61. The number of aryl methyl sites for hydroxylation is 1. The van der Waals surface area contributed by atoms with Crippen molar-refractivity contribution in [3.63, 3.8) is 0 Å². The molecule has 0 bridgehead atoms. The summed E-state index contributed by atoms with van der Waals surface area (Å²) >= 11 is 0. The highest BCUT2D eigenvalue weighted by atomic mass is 16.5. The van der Waals surface area contributed by atoms with Gasteiger partial charge >= 0.3 is 0 Å². The van der Waals surface area contributed by atoms with Gasteiger partial charge in [-0.3, -0.25) is 0 Å². The number of ether oxygens (including phenoxy) is 2. The lowest BCUT2D eigenvalue weighted by Gasteiger charge is -2.33. The molecule has 0 aromatic heterocycles. The zero-order chi connectivity index (χ0) is 14.4. The Balaban J connectivity index is 2.04. The summed E-state index contributed by atoms with van der Waals surface area (Å²) < 4.78 is 11.2.